The molecule has 1 aliphatic heterocycles. The van der Waals surface area contributed by atoms with Crippen molar-refractivity contribution >= 4 is 28.8 Å². The zero-order valence-electron chi connectivity index (χ0n) is 10.00. The highest BCUT2D eigenvalue weighted by atomic mass is 35.5. The van der Waals surface area contributed by atoms with Gasteiger partial charge in [-0.15, -0.1) is 11.3 Å². The summed E-state index contributed by atoms with van der Waals surface area (Å²) in [6.07, 6.45) is 0.871. The molecular weight excluding hydrogens is 256 g/mol. The van der Waals surface area contributed by atoms with E-state index in [-0.39, 0.29) is 18.0 Å². The lowest BCUT2D eigenvalue weighted by atomic mass is 9.99. The van der Waals surface area contributed by atoms with Crippen LogP contribution in [0.15, 0.2) is 11.4 Å². The van der Waals surface area contributed by atoms with Crippen LogP contribution in [0, 0.1) is 5.92 Å². The van der Waals surface area contributed by atoms with Crippen LogP contribution < -0.4 is 10.6 Å². The number of carbonyl (C=O) groups is 1. The number of hydrogen-bond acceptors (Lipinski definition) is 3. The Bertz CT molecular complexity index is 405. The standard InChI is InChI=1S/C12H17ClN2OS/c1-7(2)5-9-12(16)15-10(6-14-9)8-3-4-17-11(8)13/h3-4,7,9-10,14H,5-6H2,1-2H3,(H,15,16)/t9-,10-/m0/s1. The van der Waals surface area contributed by atoms with Crippen LogP contribution >= 0.6 is 22.9 Å². The van der Waals surface area contributed by atoms with Crippen molar-refractivity contribution in [2.24, 2.45) is 5.92 Å². The third-order valence-corrected chi connectivity index (χ3v) is 4.13. The van der Waals surface area contributed by atoms with E-state index < -0.39 is 0 Å². The first-order valence-electron chi connectivity index (χ1n) is 5.84. The average molecular weight is 273 g/mol. The summed E-state index contributed by atoms with van der Waals surface area (Å²) in [4.78, 5) is 11.9. The molecule has 1 amide bonds. The molecule has 1 aliphatic rings. The van der Waals surface area contributed by atoms with E-state index in [1.807, 2.05) is 11.4 Å². The molecule has 2 atom stereocenters. The first kappa shape index (κ1) is 12.9. The highest BCUT2D eigenvalue weighted by Gasteiger charge is 2.29. The van der Waals surface area contributed by atoms with Crippen LogP contribution in [0.4, 0.5) is 0 Å². The molecule has 5 heteroatoms. The van der Waals surface area contributed by atoms with Gasteiger partial charge in [0.15, 0.2) is 0 Å². The van der Waals surface area contributed by atoms with Gasteiger partial charge in [0.1, 0.15) is 0 Å². The zero-order valence-corrected chi connectivity index (χ0v) is 11.6. The lowest BCUT2D eigenvalue weighted by molar-refractivity contribution is -0.125. The quantitative estimate of drug-likeness (QED) is 0.888. The summed E-state index contributed by atoms with van der Waals surface area (Å²) in [6, 6.07) is 1.91. The summed E-state index contributed by atoms with van der Waals surface area (Å²) in [5.74, 6) is 0.594. The van der Waals surface area contributed by atoms with Crippen molar-refractivity contribution in [3.63, 3.8) is 0 Å². The molecule has 0 radical (unpaired) electrons. The van der Waals surface area contributed by atoms with Crippen molar-refractivity contribution in [2.45, 2.75) is 32.4 Å². The van der Waals surface area contributed by atoms with Gasteiger partial charge >= 0.3 is 0 Å². The Kier molecular flexibility index (Phi) is 4.07. The molecule has 0 bridgehead atoms. The van der Waals surface area contributed by atoms with E-state index in [0.29, 0.717) is 5.92 Å². The van der Waals surface area contributed by atoms with Gasteiger partial charge in [-0.1, -0.05) is 25.4 Å². The predicted molar refractivity (Wildman–Crippen MR) is 71.5 cm³/mol. The number of thiophene rings is 1. The molecule has 2 rings (SSSR count). The van der Waals surface area contributed by atoms with Crippen molar-refractivity contribution in [1.29, 1.82) is 0 Å². The maximum absolute atomic E-state index is 11.9. The van der Waals surface area contributed by atoms with Crippen LogP contribution in [-0.4, -0.2) is 18.5 Å². The number of hydrogen-bond donors (Lipinski definition) is 2. The third kappa shape index (κ3) is 3.00. The van der Waals surface area contributed by atoms with Gasteiger partial charge in [-0.2, -0.15) is 0 Å². The molecule has 1 aromatic heterocycles. The number of carbonyl (C=O) groups excluding carboxylic acids is 1. The number of rotatable bonds is 3. The Morgan fingerprint density at radius 1 is 1.59 bits per heavy atom. The Morgan fingerprint density at radius 2 is 2.35 bits per heavy atom. The van der Waals surface area contributed by atoms with Gasteiger partial charge in [0.2, 0.25) is 5.91 Å². The van der Waals surface area contributed by atoms with Crippen molar-refractivity contribution in [1.82, 2.24) is 10.6 Å². The fourth-order valence-electron chi connectivity index (χ4n) is 2.08. The summed E-state index contributed by atoms with van der Waals surface area (Å²) in [6.45, 7) is 4.99. The predicted octanol–water partition coefficient (Wildman–Crippen LogP) is 2.58. The van der Waals surface area contributed by atoms with Crippen LogP contribution in [0.1, 0.15) is 31.9 Å². The second-order valence-electron chi connectivity index (χ2n) is 4.80. The van der Waals surface area contributed by atoms with Gasteiger partial charge in [0.05, 0.1) is 16.4 Å². The van der Waals surface area contributed by atoms with Crippen molar-refractivity contribution in [2.75, 3.05) is 6.54 Å². The zero-order chi connectivity index (χ0) is 12.4. The third-order valence-electron chi connectivity index (χ3n) is 2.93. The molecule has 1 fully saturated rings. The monoisotopic (exact) mass is 272 g/mol. The SMILES string of the molecule is CC(C)C[C@@H]1NC[C@@H](c2ccsc2Cl)NC1=O. The van der Waals surface area contributed by atoms with E-state index >= 15 is 0 Å². The molecule has 0 spiro atoms. The second kappa shape index (κ2) is 5.38. The normalized spacial score (nSPS) is 25.1. The second-order valence-corrected chi connectivity index (χ2v) is 6.32. The molecule has 0 unspecified atom stereocenters. The van der Waals surface area contributed by atoms with E-state index in [1.54, 1.807) is 0 Å². The molecule has 1 aromatic rings. The molecule has 1 saturated heterocycles. The molecule has 0 aliphatic carbocycles. The van der Waals surface area contributed by atoms with Crippen LogP contribution in [-0.2, 0) is 4.79 Å². The van der Waals surface area contributed by atoms with Crippen LogP contribution in [0.2, 0.25) is 4.34 Å². The number of piperazine rings is 1. The Hall–Kier alpha value is -0.580. The van der Waals surface area contributed by atoms with Crippen LogP contribution in [0.25, 0.3) is 0 Å². The van der Waals surface area contributed by atoms with Crippen molar-refractivity contribution < 1.29 is 4.79 Å². The summed E-state index contributed by atoms with van der Waals surface area (Å²) in [7, 11) is 0. The fourth-order valence-corrected chi connectivity index (χ4v) is 3.11. The summed E-state index contributed by atoms with van der Waals surface area (Å²) in [5.41, 5.74) is 1.01. The molecule has 17 heavy (non-hydrogen) atoms. The Balaban J connectivity index is 2.00. The van der Waals surface area contributed by atoms with Gasteiger partial charge in [-0.05, 0) is 23.8 Å². The van der Waals surface area contributed by atoms with E-state index in [0.717, 1.165) is 22.9 Å². The minimum Gasteiger partial charge on any atom is -0.347 e. The van der Waals surface area contributed by atoms with E-state index in [2.05, 4.69) is 24.5 Å². The van der Waals surface area contributed by atoms with Gasteiger partial charge in [-0.3, -0.25) is 4.79 Å². The maximum Gasteiger partial charge on any atom is 0.237 e. The molecule has 94 valence electrons. The number of nitrogens with one attached hydrogen (secondary N) is 2. The van der Waals surface area contributed by atoms with Gasteiger partial charge < -0.3 is 10.6 Å². The van der Waals surface area contributed by atoms with Crippen LogP contribution in [0.3, 0.4) is 0 Å². The molecule has 0 saturated carbocycles. The van der Waals surface area contributed by atoms with Crippen molar-refractivity contribution in [3.05, 3.63) is 21.3 Å². The minimum atomic E-state index is -0.0661. The molecule has 3 nitrogen and oxygen atoms in total. The largest absolute Gasteiger partial charge is 0.347 e. The highest BCUT2D eigenvalue weighted by Crippen LogP contribution is 2.29. The van der Waals surface area contributed by atoms with Gasteiger partial charge in [-0.25, -0.2) is 0 Å². The maximum atomic E-state index is 11.9. The van der Waals surface area contributed by atoms with Gasteiger partial charge in [0, 0.05) is 12.1 Å². The molecule has 0 aromatic carbocycles. The molecule has 2 N–H and O–H groups in total. The topological polar surface area (TPSA) is 41.1 Å². The smallest absolute Gasteiger partial charge is 0.237 e. The minimum absolute atomic E-state index is 0.00432. The Labute approximate surface area is 111 Å². The van der Waals surface area contributed by atoms with E-state index in [4.69, 9.17) is 11.6 Å². The van der Waals surface area contributed by atoms with E-state index in [9.17, 15) is 4.79 Å². The number of halogens is 1. The highest BCUT2D eigenvalue weighted by molar-refractivity contribution is 7.14. The fraction of sp³-hybridized carbons (Fsp3) is 0.583. The Morgan fingerprint density at radius 3 is 2.88 bits per heavy atom. The van der Waals surface area contributed by atoms with Crippen molar-refractivity contribution in [3.8, 4) is 0 Å². The first-order chi connectivity index (χ1) is 8.08. The van der Waals surface area contributed by atoms with E-state index in [1.165, 1.54) is 11.3 Å². The number of amides is 1. The summed E-state index contributed by atoms with van der Waals surface area (Å²) in [5, 5.41) is 8.28. The summed E-state index contributed by atoms with van der Waals surface area (Å²) >= 11 is 7.58. The van der Waals surface area contributed by atoms with Crippen LogP contribution in [0.5, 0.6) is 0 Å². The summed E-state index contributed by atoms with van der Waals surface area (Å²) < 4.78 is 0.763. The molecular formula is C12H17ClN2OS. The first-order valence-corrected chi connectivity index (χ1v) is 7.10. The lowest BCUT2D eigenvalue weighted by Gasteiger charge is -2.31. The lowest BCUT2D eigenvalue weighted by Crippen LogP contribution is -2.54. The molecule has 2 heterocycles. The van der Waals surface area contributed by atoms with Gasteiger partial charge in [0.25, 0.3) is 0 Å². The average Bonchev–Trinajstić information content (AvgIpc) is 2.67.